The van der Waals surface area contributed by atoms with Crippen LogP contribution in [-0.4, -0.2) is 37.4 Å². The largest absolute Gasteiger partial charge is 0.446 e. The standard InChI is InChI=1S/C17H15F3N4OS/c18-17(19,20)26-14-7-5-12(6-8-14)11-13-3-1-2-4-15(13)16-21-23-24(22-16)9-10-25/h1-8,25H,9-11H2. The molecule has 5 nitrogen and oxygen atoms in total. The number of alkyl halides is 3. The van der Waals surface area contributed by atoms with Crippen molar-refractivity contribution in [1.82, 2.24) is 20.2 Å². The van der Waals surface area contributed by atoms with Gasteiger partial charge in [-0.25, -0.2) is 0 Å². The number of benzene rings is 2. The zero-order valence-electron chi connectivity index (χ0n) is 13.5. The van der Waals surface area contributed by atoms with E-state index in [9.17, 15) is 13.2 Å². The Morgan fingerprint density at radius 1 is 1.04 bits per heavy atom. The Morgan fingerprint density at radius 3 is 2.46 bits per heavy atom. The molecule has 0 aliphatic rings. The first-order chi connectivity index (χ1) is 12.4. The molecule has 0 saturated carbocycles. The number of aromatic nitrogens is 4. The summed E-state index contributed by atoms with van der Waals surface area (Å²) >= 11 is -0.128. The molecule has 3 aromatic rings. The molecule has 0 aliphatic heterocycles. The topological polar surface area (TPSA) is 63.8 Å². The molecule has 0 amide bonds. The van der Waals surface area contributed by atoms with E-state index in [0.29, 0.717) is 12.2 Å². The number of nitrogens with zero attached hydrogens (tertiary/aromatic N) is 4. The summed E-state index contributed by atoms with van der Waals surface area (Å²) in [5.41, 5.74) is -1.68. The summed E-state index contributed by atoms with van der Waals surface area (Å²) in [6, 6.07) is 13.8. The zero-order chi connectivity index (χ0) is 18.6. The summed E-state index contributed by atoms with van der Waals surface area (Å²) < 4.78 is 37.2. The van der Waals surface area contributed by atoms with E-state index >= 15 is 0 Å². The second-order valence-corrected chi connectivity index (χ2v) is 6.60. The summed E-state index contributed by atoms with van der Waals surface area (Å²) in [4.78, 5) is 1.47. The first kappa shape index (κ1) is 18.4. The zero-order valence-corrected chi connectivity index (χ0v) is 14.3. The Bertz CT molecular complexity index is 865. The highest BCUT2D eigenvalue weighted by Crippen LogP contribution is 2.36. The van der Waals surface area contributed by atoms with Gasteiger partial charge in [0.1, 0.15) is 0 Å². The Balaban J connectivity index is 1.80. The SMILES string of the molecule is OCCn1nnc(-c2ccccc2Cc2ccc(SC(F)(F)F)cc2)n1. The van der Waals surface area contributed by atoms with Crippen LogP contribution in [0.25, 0.3) is 11.4 Å². The first-order valence-electron chi connectivity index (χ1n) is 7.76. The lowest BCUT2D eigenvalue weighted by Crippen LogP contribution is -2.05. The van der Waals surface area contributed by atoms with E-state index in [-0.39, 0.29) is 29.8 Å². The van der Waals surface area contributed by atoms with Crippen molar-refractivity contribution in [2.24, 2.45) is 0 Å². The molecular formula is C17H15F3N4OS. The molecule has 1 aromatic heterocycles. The minimum atomic E-state index is -4.29. The third-order valence-electron chi connectivity index (χ3n) is 3.56. The van der Waals surface area contributed by atoms with Crippen LogP contribution in [0.2, 0.25) is 0 Å². The van der Waals surface area contributed by atoms with Gasteiger partial charge in [-0.3, -0.25) is 0 Å². The third kappa shape index (κ3) is 4.83. The molecule has 0 spiro atoms. The quantitative estimate of drug-likeness (QED) is 0.663. The van der Waals surface area contributed by atoms with Gasteiger partial charge in [0.2, 0.25) is 5.82 Å². The molecule has 0 bridgehead atoms. The van der Waals surface area contributed by atoms with Gasteiger partial charge < -0.3 is 5.11 Å². The molecule has 1 heterocycles. The lowest BCUT2D eigenvalue weighted by atomic mass is 9.99. The molecule has 3 rings (SSSR count). The molecular weight excluding hydrogens is 365 g/mol. The molecule has 0 saturated heterocycles. The van der Waals surface area contributed by atoms with E-state index in [1.54, 1.807) is 12.1 Å². The minimum absolute atomic E-state index is 0.0836. The molecule has 2 aromatic carbocycles. The fourth-order valence-corrected chi connectivity index (χ4v) is 3.00. The maximum Gasteiger partial charge on any atom is 0.446 e. The van der Waals surface area contributed by atoms with Gasteiger partial charge in [-0.15, -0.1) is 10.2 Å². The Hall–Kier alpha value is -2.39. The summed E-state index contributed by atoms with van der Waals surface area (Å²) in [5.74, 6) is 0.443. The van der Waals surface area contributed by atoms with Crippen molar-refractivity contribution >= 4 is 11.8 Å². The van der Waals surface area contributed by atoms with Gasteiger partial charge in [-0.05, 0) is 46.7 Å². The van der Waals surface area contributed by atoms with Crippen molar-refractivity contribution in [3.8, 4) is 11.4 Å². The summed E-state index contributed by atoms with van der Waals surface area (Å²) in [6.45, 7) is 0.174. The van der Waals surface area contributed by atoms with Gasteiger partial charge in [0, 0.05) is 10.5 Å². The van der Waals surface area contributed by atoms with Crippen LogP contribution in [0, 0.1) is 0 Å². The van der Waals surface area contributed by atoms with E-state index in [1.807, 2.05) is 24.3 Å². The van der Waals surface area contributed by atoms with Crippen LogP contribution in [0.5, 0.6) is 0 Å². The van der Waals surface area contributed by atoms with Crippen LogP contribution in [0.15, 0.2) is 53.4 Å². The van der Waals surface area contributed by atoms with Crippen LogP contribution >= 0.6 is 11.8 Å². The highest BCUT2D eigenvalue weighted by molar-refractivity contribution is 8.00. The highest BCUT2D eigenvalue weighted by atomic mass is 32.2. The lowest BCUT2D eigenvalue weighted by molar-refractivity contribution is -0.0328. The van der Waals surface area contributed by atoms with Gasteiger partial charge in [-0.1, -0.05) is 36.4 Å². The van der Waals surface area contributed by atoms with Gasteiger partial charge >= 0.3 is 5.51 Å². The monoisotopic (exact) mass is 380 g/mol. The maximum absolute atomic E-state index is 12.4. The molecule has 0 radical (unpaired) electrons. The van der Waals surface area contributed by atoms with E-state index < -0.39 is 5.51 Å². The van der Waals surface area contributed by atoms with Crippen molar-refractivity contribution in [2.75, 3.05) is 6.61 Å². The molecule has 1 N–H and O–H groups in total. The predicted octanol–water partition coefficient (Wildman–Crippen LogP) is 3.54. The molecule has 0 atom stereocenters. The highest BCUT2D eigenvalue weighted by Gasteiger charge is 2.29. The summed E-state index contributed by atoms with van der Waals surface area (Å²) in [7, 11) is 0. The maximum atomic E-state index is 12.4. The lowest BCUT2D eigenvalue weighted by Gasteiger charge is -2.08. The van der Waals surface area contributed by atoms with Crippen molar-refractivity contribution < 1.29 is 18.3 Å². The molecule has 0 fully saturated rings. The Kier molecular flexibility index (Phi) is 5.58. The average molecular weight is 380 g/mol. The van der Waals surface area contributed by atoms with Gasteiger partial charge in [0.15, 0.2) is 0 Å². The van der Waals surface area contributed by atoms with E-state index in [4.69, 9.17) is 5.11 Å². The van der Waals surface area contributed by atoms with Crippen LogP contribution in [0.3, 0.4) is 0 Å². The van der Waals surface area contributed by atoms with Crippen molar-refractivity contribution in [1.29, 1.82) is 0 Å². The number of rotatable bonds is 6. The van der Waals surface area contributed by atoms with Crippen molar-refractivity contribution in [3.05, 3.63) is 59.7 Å². The van der Waals surface area contributed by atoms with Gasteiger partial charge in [0.25, 0.3) is 0 Å². The number of tetrazole rings is 1. The van der Waals surface area contributed by atoms with E-state index in [2.05, 4.69) is 15.4 Å². The van der Waals surface area contributed by atoms with Crippen LogP contribution in [-0.2, 0) is 13.0 Å². The Labute approximate surface area is 151 Å². The van der Waals surface area contributed by atoms with Crippen molar-refractivity contribution in [2.45, 2.75) is 23.4 Å². The Morgan fingerprint density at radius 2 is 1.77 bits per heavy atom. The molecule has 136 valence electrons. The second kappa shape index (κ2) is 7.88. The number of hydrogen-bond donors (Lipinski definition) is 1. The van der Waals surface area contributed by atoms with Crippen LogP contribution < -0.4 is 0 Å². The summed E-state index contributed by atoms with van der Waals surface area (Å²) in [6.07, 6.45) is 0.529. The first-order valence-corrected chi connectivity index (χ1v) is 8.58. The number of aliphatic hydroxyl groups excluding tert-OH is 1. The average Bonchev–Trinajstić information content (AvgIpc) is 3.05. The van der Waals surface area contributed by atoms with Crippen LogP contribution in [0.1, 0.15) is 11.1 Å². The minimum Gasteiger partial charge on any atom is -0.394 e. The molecule has 26 heavy (non-hydrogen) atoms. The normalized spacial score (nSPS) is 11.7. The number of halogens is 3. The van der Waals surface area contributed by atoms with Crippen molar-refractivity contribution in [3.63, 3.8) is 0 Å². The summed E-state index contributed by atoms with van der Waals surface area (Å²) in [5, 5.41) is 21.1. The molecule has 0 unspecified atom stereocenters. The second-order valence-electron chi connectivity index (χ2n) is 5.46. The van der Waals surface area contributed by atoms with Crippen LogP contribution in [0.4, 0.5) is 13.2 Å². The number of aliphatic hydroxyl groups is 1. The third-order valence-corrected chi connectivity index (χ3v) is 4.30. The van der Waals surface area contributed by atoms with Gasteiger partial charge in [-0.2, -0.15) is 18.0 Å². The van der Waals surface area contributed by atoms with Gasteiger partial charge in [0.05, 0.1) is 13.2 Å². The smallest absolute Gasteiger partial charge is 0.394 e. The number of thioether (sulfide) groups is 1. The fraction of sp³-hybridized carbons (Fsp3) is 0.235. The number of hydrogen-bond acceptors (Lipinski definition) is 5. The molecule has 9 heteroatoms. The fourth-order valence-electron chi connectivity index (χ4n) is 2.46. The predicted molar refractivity (Wildman–Crippen MR) is 91.5 cm³/mol. The van der Waals surface area contributed by atoms with E-state index in [0.717, 1.165) is 16.7 Å². The van der Waals surface area contributed by atoms with E-state index in [1.165, 1.54) is 16.9 Å². The molecule has 0 aliphatic carbocycles.